The zero-order valence-electron chi connectivity index (χ0n) is 11.8. The average Bonchev–Trinajstić information content (AvgIpc) is 2.81. The van der Waals surface area contributed by atoms with Crippen LogP contribution in [0, 0.1) is 11.3 Å². The molecule has 1 heterocycles. The molecule has 2 rings (SSSR count). The number of halogens is 2. The van der Waals surface area contributed by atoms with Gasteiger partial charge in [0.1, 0.15) is 18.5 Å². The molecule has 0 atom stereocenters. The van der Waals surface area contributed by atoms with E-state index in [4.69, 9.17) is 11.0 Å². The van der Waals surface area contributed by atoms with E-state index in [1.807, 2.05) is 36.4 Å². The summed E-state index contributed by atoms with van der Waals surface area (Å²) in [7, 11) is 2.00. The summed E-state index contributed by atoms with van der Waals surface area (Å²) in [6.45, 7) is 1.77. The summed E-state index contributed by atoms with van der Waals surface area (Å²) in [6.07, 6.45) is 7.10. The molecule has 0 amide bonds. The minimum absolute atomic E-state index is 0. The summed E-state index contributed by atoms with van der Waals surface area (Å²) in [5, 5.41) is 12.3. The van der Waals surface area contributed by atoms with Crippen LogP contribution in [-0.4, -0.2) is 11.1 Å². The summed E-state index contributed by atoms with van der Waals surface area (Å²) in [5.74, 6) is 0. The fraction of sp³-hybridized carbons (Fsp3) is 0.286. The van der Waals surface area contributed by atoms with Gasteiger partial charge in [0, 0.05) is 18.7 Å². The van der Waals surface area contributed by atoms with Gasteiger partial charge in [-0.3, -0.25) is 0 Å². The number of nitrogens with zero attached hydrogens (tertiary/aromatic N) is 3. The van der Waals surface area contributed by atoms with Crippen molar-refractivity contribution in [3.05, 3.63) is 42.5 Å². The summed E-state index contributed by atoms with van der Waals surface area (Å²) in [4.78, 5) is 0. The van der Waals surface area contributed by atoms with Crippen molar-refractivity contribution in [2.45, 2.75) is 13.0 Å². The van der Waals surface area contributed by atoms with Gasteiger partial charge in [-0.15, -0.1) is 12.4 Å². The highest BCUT2D eigenvalue weighted by molar-refractivity contribution is 5.85. The SMILES string of the molecule is C[n+]1ccn(CCCNc2ccc(N)cc2C#N)c1.Cl.[Cl-]. The highest BCUT2D eigenvalue weighted by Gasteiger charge is 2.03. The van der Waals surface area contributed by atoms with E-state index in [0.717, 1.165) is 25.2 Å². The smallest absolute Gasteiger partial charge is 0.243 e. The lowest BCUT2D eigenvalue weighted by Crippen LogP contribution is -3.00. The van der Waals surface area contributed by atoms with Gasteiger partial charge < -0.3 is 23.5 Å². The number of nitrogen functional groups attached to an aromatic ring is 1. The average molecular weight is 328 g/mol. The minimum Gasteiger partial charge on any atom is -1.00 e. The Kier molecular flexibility index (Phi) is 8.29. The molecule has 3 N–H and O–H groups in total. The molecule has 1 aromatic heterocycles. The van der Waals surface area contributed by atoms with Crippen LogP contribution in [0.15, 0.2) is 36.9 Å². The molecule has 1 aromatic carbocycles. The van der Waals surface area contributed by atoms with E-state index in [2.05, 4.69) is 16.0 Å². The molecule has 0 saturated carbocycles. The zero-order valence-corrected chi connectivity index (χ0v) is 13.4. The molecule has 0 unspecified atom stereocenters. The predicted molar refractivity (Wildman–Crippen MR) is 81.5 cm³/mol. The molecule has 114 valence electrons. The van der Waals surface area contributed by atoms with E-state index in [9.17, 15) is 0 Å². The lowest BCUT2D eigenvalue weighted by Gasteiger charge is -2.07. The van der Waals surface area contributed by atoms with Crippen molar-refractivity contribution in [1.82, 2.24) is 4.57 Å². The van der Waals surface area contributed by atoms with Crippen molar-refractivity contribution in [2.75, 3.05) is 17.6 Å². The fourth-order valence-corrected chi connectivity index (χ4v) is 1.93. The number of benzene rings is 1. The number of rotatable bonds is 5. The largest absolute Gasteiger partial charge is 1.00 e. The molecule has 0 radical (unpaired) electrons. The van der Waals surface area contributed by atoms with Crippen molar-refractivity contribution in [2.24, 2.45) is 7.05 Å². The van der Waals surface area contributed by atoms with E-state index in [-0.39, 0.29) is 24.8 Å². The normalized spacial score (nSPS) is 9.14. The number of imidazole rings is 1. The van der Waals surface area contributed by atoms with Gasteiger partial charge >= 0.3 is 0 Å². The number of aromatic nitrogens is 2. The first-order valence-corrected chi connectivity index (χ1v) is 6.23. The van der Waals surface area contributed by atoms with Crippen LogP contribution in [0.1, 0.15) is 12.0 Å². The highest BCUT2D eigenvalue weighted by atomic mass is 35.5. The molecule has 0 aliphatic heterocycles. The molecular weight excluding hydrogens is 309 g/mol. The van der Waals surface area contributed by atoms with E-state index >= 15 is 0 Å². The Bertz CT molecular complexity index is 604. The summed E-state index contributed by atoms with van der Waals surface area (Å²) >= 11 is 0. The quantitative estimate of drug-likeness (QED) is 0.407. The standard InChI is InChI=1S/C14H18N5.2ClH/c1-18-7-8-19(11-18)6-2-5-17-14-4-3-13(16)9-12(14)10-15;;/h3-4,7-9,11,17H,2,5-6,16H2,1H3;2*1H/q+1;;/p-1. The van der Waals surface area contributed by atoms with Crippen molar-refractivity contribution in [1.29, 1.82) is 5.26 Å². The highest BCUT2D eigenvalue weighted by Crippen LogP contribution is 2.17. The first kappa shape index (κ1) is 19.1. The summed E-state index contributed by atoms with van der Waals surface area (Å²) in [6, 6.07) is 7.49. The maximum Gasteiger partial charge on any atom is 0.243 e. The predicted octanol–water partition coefficient (Wildman–Crippen LogP) is -1.31. The molecule has 0 spiro atoms. The zero-order chi connectivity index (χ0) is 13.7. The van der Waals surface area contributed by atoms with Gasteiger partial charge in [-0.05, 0) is 18.2 Å². The third-order valence-corrected chi connectivity index (χ3v) is 2.90. The molecule has 0 fully saturated rings. The van der Waals surface area contributed by atoms with Crippen LogP contribution in [0.4, 0.5) is 11.4 Å². The van der Waals surface area contributed by atoms with Gasteiger partial charge in [0.25, 0.3) is 0 Å². The molecule has 0 aliphatic carbocycles. The van der Waals surface area contributed by atoms with Gasteiger partial charge in [0.15, 0.2) is 0 Å². The lowest BCUT2D eigenvalue weighted by molar-refractivity contribution is -0.671. The summed E-state index contributed by atoms with van der Waals surface area (Å²) in [5.41, 5.74) is 7.70. The van der Waals surface area contributed by atoms with Crippen molar-refractivity contribution >= 4 is 23.8 Å². The number of hydrogen-bond acceptors (Lipinski definition) is 3. The molecule has 0 saturated heterocycles. The monoisotopic (exact) mass is 327 g/mol. The molecule has 0 aliphatic rings. The maximum absolute atomic E-state index is 9.03. The Labute approximate surface area is 137 Å². The maximum atomic E-state index is 9.03. The number of anilines is 2. The molecule has 7 heteroatoms. The van der Waals surface area contributed by atoms with Gasteiger partial charge in [-0.25, -0.2) is 9.13 Å². The third kappa shape index (κ3) is 5.54. The van der Waals surface area contributed by atoms with Gasteiger partial charge in [0.05, 0.1) is 24.8 Å². The summed E-state index contributed by atoms with van der Waals surface area (Å²) < 4.78 is 4.15. The molecule has 0 bridgehead atoms. The number of hydrogen-bond donors (Lipinski definition) is 2. The van der Waals surface area contributed by atoms with E-state index < -0.39 is 0 Å². The van der Waals surface area contributed by atoms with Crippen molar-refractivity contribution in [3.63, 3.8) is 0 Å². The second-order valence-corrected chi connectivity index (χ2v) is 4.51. The van der Waals surface area contributed by atoms with Crippen LogP contribution in [0.2, 0.25) is 0 Å². The Morgan fingerprint density at radius 3 is 2.81 bits per heavy atom. The van der Waals surface area contributed by atoms with Crippen molar-refractivity contribution in [3.8, 4) is 6.07 Å². The molecule has 5 nitrogen and oxygen atoms in total. The second kappa shape index (κ2) is 9.11. The fourth-order valence-electron chi connectivity index (χ4n) is 1.93. The first-order valence-electron chi connectivity index (χ1n) is 6.23. The van der Waals surface area contributed by atoms with Gasteiger partial charge in [0.2, 0.25) is 6.33 Å². The topological polar surface area (TPSA) is 70.7 Å². The minimum atomic E-state index is 0. The second-order valence-electron chi connectivity index (χ2n) is 4.51. The van der Waals surface area contributed by atoms with Crippen LogP contribution in [0.5, 0.6) is 0 Å². The number of nitrogens with two attached hydrogens (primary N) is 1. The number of aryl methyl sites for hydroxylation is 2. The molecule has 21 heavy (non-hydrogen) atoms. The Balaban J connectivity index is 0.00000200. The Morgan fingerprint density at radius 1 is 1.43 bits per heavy atom. The van der Waals surface area contributed by atoms with Crippen molar-refractivity contribution < 1.29 is 17.0 Å². The number of nitrogens with one attached hydrogen (secondary N) is 1. The van der Waals surface area contributed by atoms with Crippen LogP contribution < -0.4 is 28.0 Å². The van der Waals surface area contributed by atoms with Gasteiger partial charge in [-0.2, -0.15) is 5.26 Å². The Hall–Kier alpha value is -1.90. The van der Waals surface area contributed by atoms with Crippen LogP contribution in [-0.2, 0) is 13.6 Å². The Morgan fingerprint density at radius 2 is 2.19 bits per heavy atom. The first-order chi connectivity index (χ1) is 9.19. The van der Waals surface area contributed by atoms with E-state index in [0.29, 0.717) is 11.3 Å². The van der Waals surface area contributed by atoms with E-state index in [1.54, 1.807) is 12.1 Å². The van der Waals surface area contributed by atoms with Crippen LogP contribution >= 0.6 is 12.4 Å². The van der Waals surface area contributed by atoms with Crippen LogP contribution in [0.3, 0.4) is 0 Å². The van der Waals surface area contributed by atoms with Gasteiger partial charge in [-0.1, -0.05) is 0 Å². The molecular formula is C14H19Cl2N5. The third-order valence-electron chi connectivity index (χ3n) is 2.90. The van der Waals surface area contributed by atoms with E-state index in [1.165, 1.54) is 0 Å². The number of nitriles is 1. The molecule has 2 aromatic rings. The van der Waals surface area contributed by atoms with Crippen LogP contribution in [0.25, 0.3) is 0 Å². The lowest BCUT2D eigenvalue weighted by atomic mass is 10.1.